The van der Waals surface area contributed by atoms with Crippen molar-refractivity contribution in [2.75, 3.05) is 0 Å². The third kappa shape index (κ3) is 7.68. The van der Waals surface area contributed by atoms with Crippen LogP contribution in [0.3, 0.4) is 0 Å². The quantitative estimate of drug-likeness (QED) is 0.285. The van der Waals surface area contributed by atoms with Gasteiger partial charge in [0, 0.05) is 42.5 Å². The van der Waals surface area contributed by atoms with E-state index in [4.69, 9.17) is 23.7 Å². The topological polar surface area (TPSA) is 132 Å². The molecule has 2 rings (SSSR count). The number of hydrogen-bond acceptors (Lipinski definition) is 10. The van der Waals surface area contributed by atoms with Crippen LogP contribution < -0.4 is 23.7 Å². The van der Waals surface area contributed by atoms with Gasteiger partial charge in [-0.3, -0.25) is 0 Å². The van der Waals surface area contributed by atoms with Gasteiger partial charge >= 0.3 is 29.8 Å². The smallest absolute Gasteiger partial charge is 0.343 e. The summed E-state index contributed by atoms with van der Waals surface area (Å²) in [5, 5.41) is 0. The van der Waals surface area contributed by atoms with Gasteiger partial charge in [0.05, 0.1) is 5.56 Å². The van der Waals surface area contributed by atoms with E-state index in [1.807, 2.05) is 0 Å². The molecule has 0 amide bonds. The van der Waals surface area contributed by atoms with Crippen molar-refractivity contribution in [2.24, 2.45) is 0 Å². The lowest BCUT2D eigenvalue weighted by Crippen LogP contribution is -2.12. The van der Waals surface area contributed by atoms with Crippen LogP contribution in [0.2, 0.25) is 0 Å². The number of esters is 5. The van der Waals surface area contributed by atoms with Crippen molar-refractivity contribution in [1.29, 1.82) is 0 Å². The van der Waals surface area contributed by atoms with Crippen LogP contribution in [0.25, 0.3) is 0 Å². The molecule has 0 heterocycles. The van der Waals surface area contributed by atoms with Crippen molar-refractivity contribution >= 4 is 29.8 Å². The van der Waals surface area contributed by atoms with Crippen LogP contribution >= 0.6 is 0 Å². The molecule has 0 N–H and O–H groups in total. The summed E-state index contributed by atoms with van der Waals surface area (Å²) in [4.78, 5) is 59.0. The molecule has 0 saturated carbocycles. The number of carbonyl (C=O) groups is 5. The van der Waals surface area contributed by atoms with Gasteiger partial charge in [0.2, 0.25) is 0 Å². The Morgan fingerprint density at radius 1 is 0.514 bits per heavy atom. The summed E-state index contributed by atoms with van der Waals surface area (Å²) in [5.41, 5.74) is -0.117. The minimum absolute atomic E-state index is 0.112. The lowest BCUT2D eigenvalue weighted by Gasteiger charge is -2.12. The lowest BCUT2D eigenvalue weighted by molar-refractivity contribution is -0.131. The van der Waals surface area contributed by atoms with Crippen molar-refractivity contribution in [2.45, 2.75) is 0 Å². The Morgan fingerprint density at radius 2 is 0.914 bits per heavy atom. The molecule has 2 aromatic carbocycles. The molecular formula is C25H18O10. The van der Waals surface area contributed by atoms with Crippen molar-refractivity contribution in [1.82, 2.24) is 0 Å². The standard InChI is InChI=1S/C25H18O10/c1-5-21(26)31-16-12-17(32-22(27)6-2)14-18(13-16)33-25(30)15-9-10-19(34-23(28)7-3)20(11-15)35-24(29)8-4/h5-14H,1-4H2. The number of carbonyl (C=O) groups excluding carboxylic acids is 5. The molecule has 0 radical (unpaired) electrons. The van der Waals surface area contributed by atoms with E-state index in [2.05, 4.69) is 26.3 Å². The molecule has 0 fully saturated rings. The summed E-state index contributed by atoms with van der Waals surface area (Å²) in [6, 6.07) is 7.10. The number of benzene rings is 2. The van der Waals surface area contributed by atoms with E-state index >= 15 is 0 Å². The highest BCUT2D eigenvalue weighted by Gasteiger charge is 2.18. The summed E-state index contributed by atoms with van der Waals surface area (Å²) < 4.78 is 25.3. The average molecular weight is 478 g/mol. The van der Waals surface area contributed by atoms with Crippen LogP contribution in [0.15, 0.2) is 87.0 Å². The molecular weight excluding hydrogens is 460 g/mol. The van der Waals surface area contributed by atoms with E-state index in [1.54, 1.807) is 0 Å². The largest absolute Gasteiger partial charge is 0.423 e. The lowest BCUT2D eigenvalue weighted by atomic mass is 10.2. The second kappa shape index (κ2) is 12.1. The van der Waals surface area contributed by atoms with Crippen LogP contribution in [0, 0.1) is 0 Å². The van der Waals surface area contributed by atoms with Crippen molar-refractivity contribution in [3.8, 4) is 28.7 Å². The minimum atomic E-state index is -0.948. The van der Waals surface area contributed by atoms with Gasteiger partial charge in [-0.25, -0.2) is 24.0 Å². The summed E-state index contributed by atoms with van der Waals surface area (Å²) in [6.45, 7) is 13.1. The van der Waals surface area contributed by atoms with Gasteiger partial charge in [-0.2, -0.15) is 0 Å². The van der Waals surface area contributed by atoms with Gasteiger partial charge in [-0.05, 0) is 18.2 Å². The molecule has 0 unspecified atom stereocenters. The fourth-order valence-corrected chi connectivity index (χ4v) is 2.30. The van der Waals surface area contributed by atoms with Gasteiger partial charge in [-0.15, -0.1) is 0 Å². The molecule has 35 heavy (non-hydrogen) atoms. The Bertz CT molecular complexity index is 1200. The van der Waals surface area contributed by atoms with Crippen LogP contribution in [0.4, 0.5) is 0 Å². The zero-order valence-electron chi connectivity index (χ0n) is 18.2. The maximum Gasteiger partial charge on any atom is 0.343 e. The van der Waals surface area contributed by atoms with E-state index < -0.39 is 29.8 Å². The highest BCUT2D eigenvalue weighted by molar-refractivity contribution is 5.93. The predicted molar refractivity (Wildman–Crippen MR) is 121 cm³/mol. The van der Waals surface area contributed by atoms with Gasteiger partial charge in [0.1, 0.15) is 17.2 Å². The van der Waals surface area contributed by atoms with E-state index in [1.165, 1.54) is 30.3 Å². The van der Waals surface area contributed by atoms with Crippen molar-refractivity contribution in [3.63, 3.8) is 0 Å². The Morgan fingerprint density at radius 3 is 1.37 bits per heavy atom. The Balaban J connectivity index is 2.39. The number of rotatable bonds is 10. The summed E-state index contributed by atoms with van der Waals surface area (Å²) >= 11 is 0. The van der Waals surface area contributed by atoms with Gasteiger partial charge < -0.3 is 23.7 Å². The Hall–Kier alpha value is -5.25. The maximum atomic E-state index is 12.7. The van der Waals surface area contributed by atoms with Gasteiger partial charge in [-0.1, -0.05) is 26.3 Å². The average Bonchev–Trinajstić information content (AvgIpc) is 2.84. The van der Waals surface area contributed by atoms with Gasteiger partial charge in [0.15, 0.2) is 11.5 Å². The first-order valence-corrected chi connectivity index (χ1v) is 9.57. The Kier molecular flexibility index (Phi) is 9.00. The molecule has 0 aliphatic heterocycles. The number of hydrogen-bond donors (Lipinski definition) is 0. The Labute approximate surface area is 199 Å². The van der Waals surface area contributed by atoms with E-state index in [9.17, 15) is 24.0 Å². The van der Waals surface area contributed by atoms with Crippen molar-refractivity contribution in [3.05, 3.63) is 92.6 Å². The fourth-order valence-electron chi connectivity index (χ4n) is 2.30. The van der Waals surface area contributed by atoms with Crippen LogP contribution in [0.1, 0.15) is 10.4 Å². The van der Waals surface area contributed by atoms with E-state index in [0.717, 1.165) is 30.4 Å². The first kappa shape index (κ1) is 26.0. The zero-order valence-corrected chi connectivity index (χ0v) is 18.2. The van der Waals surface area contributed by atoms with Crippen LogP contribution in [0.5, 0.6) is 28.7 Å². The highest BCUT2D eigenvalue weighted by Crippen LogP contribution is 2.31. The van der Waals surface area contributed by atoms with E-state index in [-0.39, 0.29) is 34.3 Å². The minimum Gasteiger partial charge on any atom is -0.423 e. The molecule has 10 heteroatoms. The zero-order chi connectivity index (χ0) is 26.0. The first-order valence-electron chi connectivity index (χ1n) is 9.57. The molecule has 10 nitrogen and oxygen atoms in total. The fraction of sp³-hybridized carbons (Fsp3) is 0. The molecule has 0 saturated heterocycles. The molecule has 0 aromatic heterocycles. The molecule has 0 atom stereocenters. The monoisotopic (exact) mass is 478 g/mol. The molecule has 0 bridgehead atoms. The summed E-state index contributed by atoms with van der Waals surface area (Å²) in [7, 11) is 0. The number of ether oxygens (including phenoxy) is 5. The molecule has 0 aliphatic rings. The first-order chi connectivity index (χ1) is 16.7. The SMILES string of the molecule is C=CC(=O)Oc1cc(OC(=O)C=C)cc(OC(=O)c2ccc(OC(=O)C=C)c(OC(=O)C=C)c2)c1. The molecule has 0 spiro atoms. The maximum absolute atomic E-state index is 12.7. The van der Waals surface area contributed by atoms with Crippen LogP contribution in [-0.2, 0) is 19.2 Å². The second-order valence-electron chi connectivity index (χ2n) is 6.19. The highest BCUT2D eigenvalue weighted by atomic mass is 16.6. The summed E-state index contributed by atoms with van der Waals surface area (Å²) in [5.74, 6) is -5.11. The third-order valence-electron chi connectivity index (χ3n) is 3.77. The second-order valence-corrected chi connectivity index (χ2v) is 6.19. The predicted octanol–water partition coefficient (Wildman–Crippen LogP) is 3.27. The molecule has 2 aromatic rings. The normalized spacial score (nSPS) is 9.60. The molecule has 0 aliphatic carbocycles. The summed E-state index contributed by atoms with van der Waals surface area (Å²) in [6.07, 6.45) is 3.57. The third-order valence-corrected chi connectivity index (χ3v) is 3.77. The van der Waals surface area contributed by atoms with E-state index in [0.29, 0.717) is 0 Å². The van der Waals surface area contributed by atoms with Crippen LogP contribution in [-0.4, -0.2) is 29.8 Å². The van der Waals surface area contributed by atoms with Crippen molar-refractivity contribution < 1.29 is 47.7 Å². The van der Waals surface area contributed by atoms with Gasteiger partial charge in [0.25, 0.3) is 0 Å². The molecule has 178 valence electrons.